The molecule has 0 aliphatic carbocycles. The third kappa shape index (κ3) is 2.77. The number of benzene rings is 2. The molecule has 0 N–H and O–H groups in total. The molecule has 0 bridgehead atoms. The second kappa shape index (κ2) is 4.89. The first-order valence-electron chi connectivity index (χ1n) is 5.61. The van der Waals surface area contributed by atoms with Crippen LogP contribution in [0.4, 0.5) is 0 Å². The zero-order valence-corrected chi connectivity index (χ0v) is 11.8. The SMILES string of the molecule is C[As+](C)(Cc1ccccc1)c1ccccc1. The molecular formula is C15H18As+. The zero-order chi connectivity index (χ0) is 11.4. The molecule has 0 amide bonds. The van der Waals surface area contributed by atoms with Gasteiger partial charge in [0.25, 0.3) is 0 Å². The van der Waals surface area contributed by atoms with Gasteiger partial charge in [0.1, 0.15) is 0 Å². The fraction of sp³-hybridized carbons (Fsp3) is 0.200. The van der Waals surface area contributed by atoms with Crippen molar-refractivity contribution in [2.75, 3.05) is 0 Å². The molecule has 0 atom stereocenters. The summed E-state index contributed by atoms with van der Waals surface area (Å²) in [6.45, 7) is 0. The first-order chi connectivity index (χ1) is 7.68. The zero-order valence-electron chi connectivity index (χ0n) is 9.93. The van der Waals surface area contributed by atoms with Crippen LogP contribution in [-0.2, 0) is 5.21 Å². The Morgan fingerprint density at radius 1 is 0.750 bits per heavy atom. The van der Waals surface area contributed by atoms with Crippen molar-refractivity contribution in [3.63, 3.8) is 0 Å². The van der Waals surface area contributed by atoms with Crippen molar-refractivity contribution in [3.8, 4) is 0 Å². The van der Waals surface area contributed by atoms with Gasteiger partial charge in [-0.3, -0.25) is 0 Å². The Bertz CT molecular complexity index is 432. The summed E-state index contributed by atoms with van der Waals surface area (Å²) < 4.78 is 1.57. The molecule has 0 fully saturated rings. The van der Waals surface area contributed by atoms with Crippen LogP contribution in [0.25, 0.3) is 0 Å². The van der Waals surface area contributed by atoms with Crippen molar-refractivity contribution in [2.24, 2.45) is 0 Å². The van der Waals surface area contributed by atoms with Crippen molar-refractivity contribution in [1.82, 2.24) is 0 Å². The molecular weight excluding hydrogens is 255 g/mol. The van der Waals surface area contributed by atoms with E-state index in [-0.39, 0.29) is 0 Å². The maximum absolute atomic E-state index is 2.47. The fourth-order valence-electron chi connectivity index (χ4n) is 1.96. The fourth-order valence-corrected chi connectivity index (χ4v) is 6.76. The maximum atomic E-state index is 2.47. The van der Waals surface area contributed by atoms with E-state index in [1.807, 2.05) is 0 Å². The summed E-state index contributed by atoms with van der Waals surface area (Å²) in [6, 6.07) is 21.8. The van der Waals surface area contributed by atoms with Crippen molar-refractivity contribution < 1.29 is 0 Å². The molecule has 0 aliphatic rings. The predicted molar refractivity (Wildman–Crippen MR) is 73.7 cm³/mol. The van der Waals surface area contributed by atoms with Crippen molar-refractivity contribution >= 4 is 17.9 Å². The molecule has 0 radical (unpaired) electrons. The molecule has 16 heavy (non-hydrogen) atoms. The van der Waals surface area contributed by atoms with E-state index in [1.54, 1.807) is 4.35 Å². The Morgan fingerprint density at radius 3 is 1.81 bits per heavy atom. The second-order valence-electron chi connectivity index (χ2n) is 4.66. The quantitative estimate of drug-likeness (QED) is 0.752. The molecule has 2 aromatic rings. The van der Waals surface area contributed by atoms with Crippen LogP contribution in [0, 0.1) is 0 Å². The van der Waals surface area contributed by atoms with Crippen LogP contribution in [0.5, 0.6) is 0 Å². The predicted octanol–water partition coefficient (Wildman–Crippen LogP) is 3.38. The molecule has 0 aromatic heterocycles. The summed E-state index contributed by atoms with van der Waals surface area (Å²) >= 11 is -1.68. The van der Waals surface area contributed by atoms with E-state index in [0.717, 1.165) is 0 Å². The van der Waals surface area contributed by atoms with Gasteiger partial charge in [0, 0.05) is 0 Å². The average molecular weight is 273 g/mol. The molecule has 0 saturated carbocycles. The summed E-state index contributed by atoms with van der Waals surface area (Å²) in [6.07, 6.45) is 0. The van der Waals surface area contributed by atoms with E-state index in [9.17, 15) is 0 Å². The minimum atomic E-state index is -1.68. The Balaban J connectivity index is 2.21. The molecule has 2 aromatic carbocycles. The van der Waals surface area contributed by atoms with E-state index in [2.05, 4.69) is 72.1 Å². The molecule has 82 valence electrons. The van der Waals surface area contributed by atoms with Crippen LogP contribution in [0.1, 0.15) is 5.56 Å². The number of hydrogen-bond donors (Lipinski definition) is 0. The minimum absolute atomic E-state index is 1.25. The van der Waals surface area contributed by atoms with Crippen LogP contribution < -0.4 is 4.35 Å². The first kappa shape index (κ1) is 11.5. The molecule has 0 unspecified atom stereocenters. The molecule has 0 saturated heterocycles. The average Bonchev–Trinajstić information content (AvgIpc) is 2.31. The summed E-state index contributed by atoms with van der Waals surface area (Å²) in [5, 5.41) is 1.25. The summed E-state index contributed by atoms with van der Waals surface area (Å²) in [5.41, 5.74) is 6.42. The molecule has 2 rings (SSSR count). The summed E-state index contributed by atoms with van der Waals surface area (Å²) in [4.78, 5) is 0. The van der Waals surface area contributed by atoms with Crippen LogP contribution in [0.15, 0.2) is 60.7 Å². The van der Waals surface area contributed by atoms with E-state index in [4.69, 9.17) is 0 Å². The third-order valence-corrected chi connectivity index (χ3v) is 8.86. The Hall–Kier alpha value is -1.00. The van der Waals surface area contributed by atoms with Gasteiger partial charge in [0.05, 0.1) is 0 Å². The van der Waals surface area contributed by atoms with Crippen LogP contribution >= 0.6 is 0 Å². The van der Waals surface area contributed by atoms with E-state index >= 15 is 0 Å². The summed E-state index contributed by atoms with van der Waals surface area (Å²) in [5.74, 6) is 0. The van der Waals surface area contributed by atoms with Gasteiger partial charge >= 0.3 is 101 Å². The Kier molecular flexibility index (Phi) is 3.51. The van der Waals surface area contributed by atoms with Gasteiger partial charge in [0.15, 0.2) is 0 Å². The van der Waals surface area contributed by atoms with Gasteiger partial charge < -0.3 is 0 Å². The third-order valence-electron chi connectivity index (χ3n) is 2.88. The Labute approximate surface area is 101 Å². The topological polar surface area (TPSA) is 0 Å². The van der Waals surface area contributed by atoms with Crippen LogP contribution in [0.3, 0.4) is 0 Å². The van der Waals surface area contributed by atoms with Crippen molar-refractivity contribution in [1.29, 1.82) is 0 Å². The standard InChI is InChI=1S/C15H18As/c1-16(2,15-11-7-4-8-12-15)13-14-9-5-3-6-10-14/h3-12H,13H2,1-2H3/q+1. The molecule has 0 nitrogen and oxygen atoms in total. The normalized spacial score (nSPS) is 11.4. The van der Waals surface area contributed by atoms with Gasteiger partial charge in [-0.15, -0.1) is 0 Å². The second-order valence-corrected chi connectivity index (χ2v) is 13.5. The Morgan fingerprint density at radius 2 is 1.25 bits per heavy atom. The van der Waals surface area contributed by atoms with Gasteiger partial charge in [-0.05, 0) is 0 Å². The monoisotopic (exact) mass is 273 g/mol. The van der Waals surface area contributed by atoms with Crippen molar-refractivity contribution in [3.05, 3.63) is 66.2 Å². The molecule has 1 heteroatoms. The van der Waals surface area contributed by atoms with E-state index < -0.39 is 13.6 Å². The number of hydrogen-bond acceptors (Lipinski definition) is 0. The van der Waals surface area contributed by atoms with Crippen LogP contribution in [0.2, 0.25) is 11.4 Å². The van der Waals surface area contributed by atoms with Crippen molar-refractivity contribution in [2.45, 2.75) is 16.6 Å². The van der Waals surface area contributed by atoms with E-state index in [1.165, 1.54) is 10.8 Å². The first-order valence-corrected chi connectivity index (χ1v) is 11.6. The van der Waals surface area contributed by atoms with E-state index in [0.29, 0.717) is 0 Å². The summed E-state index contributed by atoms with van der Waals surface area (Å²) in [7, 11) is 0. The van der Waals surface area contributed by atoms with Gasteiger partial charge in [-0.2, -0.15) is 0 Å². The molecule has 0 heterocycles. The van der Waals surface area contributed by atoms with Gasteiger partial charge in [-0.25, -0.2) is 0 Å². The molecule has 0 spiro atoms. The number of rotatable bonds is 3. The molecule has 0 aliphatic heterocycles. The van der Waals surface area contributed by atoms with Crippen LogP contribution in [-0.4, -0.2) is 13.6 Å². The van der Waals surface area contributed by atoms with Gasteiger partial charge in [0.2, 0.25) is 0 Å². The van der Waals surface area contributed by atoms with Gasteiger partial charge in [-0.1, -0.05) is 0 Å².